The van der Waals surface area contributed by atoms with Crippen molar-refractivity contribution in [2.75, 3.05) is 13.2 Å². The summed E-state index contributed by atoms with van der Waals surface area (Å²) in [6.07, 6.45) is 12.0. The van der Waals surface area contributed by atoms with Gasteiger partial charge in [0.05, 0.1) is 12.6 Å². The number of rotatable bonds is 24. The number of carboxylic acids is 2. The maximum Gasteiger partial charge on any atom is 2.00 e. The van der Waals surface area contributed by atoms with E-state index in [2.05, 4.69) is 12.2 Å². The van der Waals surface area contributed by atoms with Gasteiger partial charge in [0, 0.05) is 25.4 Å². The van der Waals surface area contributed by atoms with Crippen molar-refractivity contribution in [2.45, 2.75) is 140 Å². The Bertz CT molecular complexity index is 597. The molecular formula is C27H51MgNO10. The summed E-state index contributed by atoms with van der Waals surface area (Å²) in [6.45, 7) is 1.58. The zero-order chi connectivity index (χ0) is 29.2. The zero-order valence-corrected chi connectivity index (χ0v) is 25.1. The number of hydrogen-bond acceptors (Lipinski definition) is 10. The van der Waals surface area contributed by atoms with Gasteiger partial charge in [0.2, 0.25) is 5.91 Å². The Balaban J connectivity index is -0.000000783. The van der Waals surface area contributed by atoms with Gasteiger partial charge < -0.3 is 50.7 Å². The fraction of sp³-hybridized carbons (Fsp3) is 0.889. The first-order valence-corrected chi connectivity index (χ1v) is 14.1. The fourth-order valence-electron chi connectivity index (χ4n) is 3.71. The SMILES string of the molecule is CCCCCCCCCCCCCCCCCC(=O)NCCC(=O)[O-].O=C([O-])[C@H](O)[C@@H](O)[C@H](O)[C@H](O)CO.[Mg+2]. The van der Waals surface area contributed by atoms with E-state index in [1.807, 2.05) is 0 Å². The second kappa shape index (κ2) is 29.9. The molecular weight excluding hydrogens is 523 g/mol. The van der Waals surface area contributed by atoms with Crippen LogP contribution in [0.3, 0.4) is 0 Å². The quantitative estimate of drug-likeness (QED) is 0.0631. The molecule has 0 heterocycles. The van der Waals surface area contributed by atoms with Crippen molar-refractivity contribution >= 4 is 40.9 Å². The molecule has 0 bridgehead atoms. The second-order valence-corrected chi connectivity index (χ2v) is 9.67. The summed E-state index contributed by atoms with van der Waals surface area (Å²) in [5.74, 6) is -3.14. The first kappa shape index (κ1) is 42.4. The van der Waals surface area contributed by atoms with E-state index in [9.17, 15) is 24.6 Å². The number of aliphatic hydroxyl groups is 5. The fourth-order valence-corrected chi connectivity index (χ4v) is 3.71. The van der Waals surface area contributed by atoms with Gasteiger partial charge in [-0.05, 0) is 6.42 Å². The first-order chi connectivity index (χ1) is 18.1. The van der Waals surface area contributed by atoms with Gasteiger partial charge in [0.1, 0.15) is 24.4 Å². The summed E-state index contributed by atoms with van der Waals surface area (Å²) in [5, 5.41) is 66.3. The van der Waals surface area contributed by atoms with Crippen molar-refractivity contribution in [1.82, 2.24) is 5.32 Å². The van der Waals surface area contributed by atoms with Gasteiger partial charge in [0.15, 0.2) is 0 Å². The minimum Gasteiger partial charge on any atom is -0.550 e. The van der Waals surface area contributed by atoms with Gasteiger partial charge in [-0.1, -0.05) is 96.8 Å². The van der Waals surface area contributed by atoms with Crippen LogP contribution in [-0.2, 0) is 14.4 Å². The largest absolute Gasteiger partial charge is 2.00 e. The van der Waals surface area contributed by atoms with Crippen molar-refractivity contribution < 1.29 is 50.1 Å². The molecule has 6 N–H and O–H groups in total. The van der Waals surface area contributed by atoms with E-state index in [0.717, 1.165) is 12.8 Å². The summed E-state index contributed by atoms with van der Waals surface area (Å²) in [6, 6.07) is 0. The molecule has 0 saturated carbocycles. The molecule has 12 heteroatoms. The molecule has 0 aliphatic heterocycles. The smallest absolute Gasteiger partial charge is 0.550 e. The number of carbonyl (C=O) groups excluding carboxylic acids is 3. The van der Waals surface area contributed by atoms with Crippen LogP contribution in [-0.4, -0.2) is 104 Å². The Kier molecular flexibility index (Phi) is 32.6. The Hall–Kier alpha value is -1.02. The van der Waals surface area contributed by atoms with E-state index >= 15 is 0 Å². The second-order valence-electron chi connectivity index (χ2n) is 9.67. The molecule has 0 aromatic carbocycles. The molecule has 0 radical (unpaired) electrons. The van der Waals surface area contributed by atoms with Crippen molar-refractivity contribution in [3.05, 3.63) is 0 Å². The van der Waals surface area contributed by atoms with Crippen molar-refractivity contribution in [3.8, 4) is 0 Å². The molecule has 226 valence electrons. The van der Waals surface area contributed by atoms with E-state index in [-0.39, 0.29) is 41.9 Å². The maximum absolute atomic E-state index is 11.4. The summed E-state index contributed by atoms with van der Waals surface area (Å²) >= 11 is 0. The Morgan fingerprint density at radius 1 is 0.667 bits per heavy atom. The van der Waals surface area contributed by atoms with Crippen molar-refractivity contribution in [3.63, 3.8) is 0 Å². The van der Waals surface area contributed by atoms with Crippen LogP contribution in [0.25, 0.3) is 0 Å². The minimum absolute atomic E-state index is 0. The van der Waals surface area contributed by atoms with Crippen LogP contribution in [0.4, 0.5) is 0 Å². The topological polar surface area (TPSA) is 211 Å². The number of aliphatic carboxylic acids is 2. The molecule has 0 rings (SSSR count). The first-order valence-electron chi connectivity index (χ1n) is 14.1. The molecule has 11 nitrogen and oxygen atoms in total. The average molecular weight is 574 g/mol. The van der Waals surface area contributed by atoms with Gasteiger partial charge in [-0.15, -0.1) is 0 Å². The van der Waals surface area contributed by atoms with Crippen LogP contribution in [0.15, 0.2) is 0 Å². The van der Waals surface area contributed by atoms with Crippen LogP contribution in [0.1, 0.15) is 116 Å². The van der Waals surface area contributed by atoms with Crippen LogP contribution in [0.5, 0.6) is 0 Å². The van der Waals surface area contributed by atoms with E-state index in [0.29, 0.717) is 6.42 Å². The van der Waals surface area contributed by atoms with E-state index in [1.165, 1.54) is 83.5 Å². The Morgan fingerprint density at radius 3 is 1.44 bits per heavy atom. The summed E-state index contributed by atoms with van der Waals surface area (Å²) in [4.78, 5) is 31.6. The van der Waals surface area contributed by atoms with Gasteiger partial charge >= 0.3 is 23.1 Å². The normalized spacial score (nSPS) is 13.7. The predicted octanol–water partition coefficient (Wildman–Crippen LogP) is -0.704. The molecule has 0 fully saturated rings. The van der Waals surface area contributed by atoms with Gasteiger partial charge in [-0.2, -0.15) is 0 Å². The third-order valence-electron chi connectivity index (χ3n) is 6.15. The Labute approximate surface area is 249 Å². The molecule has 39 heavy (non-hydrogen) atoms. The van der Waals surface area contributed by atoms with Crippen LogP contribution >= 0.6 is 0 Å². The molecule has 0 aliphatic carbocycles. The number of nitrogens with one attached hydrogen (secondary N) is 1. The van der Waals surface area contributed by atoms with E-state index in [4.69, 9.17) is 25.5 Å². The van der Waals surface area contributed by atoms with Crippen molar-refractivity contribution in [2.24, 2.45) is 0 Å². The van der Waals surface area contributed by atoms with Crippen LogP contribution in [0.2, 0.25) is 0 Å². The van der Waals surface area contributed by atoms with Gasteiger partial charge in [-0.25, -0.2) is 0 Å². The maximum atomic E-state index is 11.4. The summed E-state index contributed by atoms with van der Waals surface area (Å²) in [7, 11) is 0. The number of aliphatic hydroxyl groups excluding tert-OH is 5. The number of hydrogen-bond donors (Lipinski definition) is 6. The molecule has 4 atom stereocenters. The summed E-state index contributed by atoms with van der Waals surface area (Å²) in [5.41, 5.74) is 0. The molecule has 0 unspecified atom stereocenters. The molecule has 0 aliphatic rings. The number of amides is 1. The van der Waals surface area contributed by atoms with E-state index < -0.39 is 43.0 Å². The number of carboxylic acid groups (broad SMARTS) is 2. The van der Waals surface area contributed by atoms with Crippen molar-refractivity contribution in [1.29, 1.82) is 0 Å². The minimum atomic E-state index is -2.31. The molecule has 1 amide bonds. The standard InChI is InChI=1S/C21H41NO3.C6H12O7.Mg/c1-2-3-4-5-6-7-8-9-10-11-12-13-14-15-16-17-20(23)22-19-18-21(24)25;7-1-2(8)3(9)4(10)5(11)6(12)13;/h2-19H2,1H3,(H,22,23)(H,24,25);2-5,7-11H,1H2,(H,12,13);/q;;+2/p-2/t;2-,3-,4+,5-;/m.1./s1. The molecule has 0 aromatic rings. The van der Waals surface area contributed by atoms with Gasteiger partial charge in [-0.3, -0.25) is 4.79 Å². The molecule has 0 saturated heterocycles. The van der Waals surface area contributed by atoms with Crippen LogP contribution < -0.4 is 15.5 Å². The monoisotopic (exact) mass is 573 g/mol. The average Bonchev–Trinajstić information content (AvgIpc) is 2.89. The third-order valence-corrected chi connectivity index (χ3v) is 6.15. The number of unbranched alkanes of at least 4 members (excludes halogenated alkanes) is 14. The van der Waals surface area contributed by atoms with Crippen LogP contribution in [0, 0.1) is 0 Å². The summed E-state index contributed by atoms with van der Waals surface area (Å²) < 4.78 is 0. The van der Waals surface area contributed by atoms with E-state index in [1.54, 1.807) is 0 Å². The third kappa shape index (κ3) is 28.3. The Morgan fingerprint density at radius 2 is 1.08 bits per heavy atom. The molecule has 0 spiro atoms. The zero-order valence-electron chi connectivity index (χ0n) is 23.7. The molecule has 0 aromatic heterocycles. The van der Waals surface area contributed by atoms with Gasteiger partial charge in [0.25, 0.3) is 0 Å². The predicted molar refractivity (Wildman–Crippen MR) is 144 cm³/mol. The number of carbonyl (C=O) groups is 3.